The van der Waals surface area contributed by atoms with E-state index in [2.05, 4.69) is 15.3 Å². The quantitative estimate of drug-likeness (QED) is 0.279. The average molecular weight is 466 g/mol. The number of ketones is 1. The van der Waals surface area contributed by atoms with Crippen molar-refractivity contribution in [2.24, 2.45) is 0 Å². The Morgan fingerprint density at radius 2 is 1.62 bits per heavy atom. The van der Waals surface area contributed by atoms with Crippen LogP contribution in [0.3, 0.4) is 0 Å². The Hall–Kier alpha value is -4.22. The van der Waals surface area contributed by atoms with E-state index in [9.17, 15) is 9.59 Å². The molecule has 6 heteroatoms. The summed E-state index contributed by atoms with van der Waals surface area (Å²) in [6, 6.07) is 29.3. The number of imidazole rings is 1. The minimum absolute atomic E-state index is 0.00552. The Balaban J connectivity index is 1.32. The fourth-order valence-electron chi connectivity index (χ4n) is 3.76. The van der Waals surface area contributed by atoms with E-state index in [-0.39, 0.29) is 18.1 Å². The van der Waals surface area contributed by atoms with Gasteiger partial charge in [0.25, 0.3) is 5.91 Å². The Kier molecular flexibility index (Phi) is 5.93. The smallest absolute Gasteiger partial charge is 0.255 e. The van der Waals surface area contributed by atoms with Gasteiger partial charge in [-0.25, -0.2) is 4.98 Å². The zero-order valence-electron chi connectivity index (χ0n) is 18.1. The highest BCUT2D eigenvalue weighted by atomic mass is 35.5. The molecule has 0 aliphatic carbocycles. The molecule has 0 spiro atoms. The van der Waals surface area contributed by atoms with E-state index in [0.29, 0.717) is 22.0 Å². The second-order valence-electron chi connectivity index (χ2n) is 7.94. The van der Waals surface area contributed by atoms with E-state index in [1.54, 1.807) is 36.4 Å². The number of rotatable bonds is 6. The van der Waals surface area contributed by atoms with Crippen LogP contribution in [-0.4, -0.2) is 21.7 Å². The molecule has 166 valence electrons. The van der Waals surface area contributed by atoms with Crippen molar-refractivity contribution in [2.75, 3.05) is 5.32 Å². The molecule has 0 saturated heterocycles. The van der Waals surface area contributed by atoms with Crippen LogP contribution < -0.4 is 5.32 Å². The number of hydrogen-bond donors (Lipinski definition) is 2. The van der Waals surface area contributed by atoms with Crippen LogP contribution in [0, 0.1) is 0 Å². The summed E-state index contributed by atoms with van der Waals surface area (Å²) in [5.41, 5.74) is 5.31. The molecule has 1 aromatic heterocycles. The van der Waals surface area contributed by atoms with Gasteiger partial charge < -0.3 is 10.3 Å². The zero-order chi connectivity index (χ0) is 23.5. The van der Waals surface area contributed by atoms with Crippen molar-refractivity contribution in [3.05, 3.63) is 119 Å². The number of anilines is 1. The first-order valence-corrected chi connectivity index (χ1v) is 11.2. The van der Waals surface area contributed by atoms with Crippen molar-refractivity contribution in [1.82, 2.24) is 9.97 Å². The van der Waals surface area contributed by atoms with E-state index < -0.39 is 0 Å². The second-order valence-corrected chi connectivity index (χ2v) is 8.38. The highest BCUT2D eigenvalue weighted by Crippen LogP contribution is 2.23. The number of amides is 1. The van der Waals surface area contributed by atoms with Gasteiger partial charge in [-0.1, -0.05) is 60.1 Å². The van der Waals surface area contributed by atoms with Gasteiger partial charge in [-0.3, -0.25) is 9.59 Å². The van der Waals surface area contributed by atoms with Gasteiger partial charge in [0.1, 0.15) is 5.82 Å². The number of benzene rings is 4. The van der Waals surface area contributed by atoms with Crippen LogP contribution in [0.1, 0.15) is 26.3 Å². The number of aromatic nitrogens is 2. The Labute approximate surface area is 201 Å². The fraction of sp³-hybridized carbons (Fsp3) is 0.0357. The Bertz CT molecular complexity index is 1490. The molecule has 2 N–H and O–H groups in total. The van der Waals surface area contributed by atoms with Gasteiger partial charge in [0.2, 0.25) is 0 Å². The fourth-order valence-corrected chi connectivity index (χ4v) is 3.95. The number of Topliss-reactive ketones (excluding diaryl/α,β-unsaturated/α-hetero) is 1. The minimum Gasteiger partial charge on any atom is -0.338 e. The summed E-state index contributed by atoms with van der Waals surface area (Å²) in [6.07, 6.45) is 0.274. The number of para-hydroxylation sites is 1. The van der Waals surface area contributed by atoms with Crippen molar-refractivity contribution in [1.29, 1.82) is 0 Å². The summed E-state index contributed by atoms with van der Waals surface area (Å²) in [5, 5.41) is 3.42. The van der Waals surface area contributed by atoms with E-state index in [1.165, 1.54) is 0 Å². The van der Waals surface area contributed by atoms with Gasteiger partial charge in [-0.05, 0) is 54.1 Å². The van der Waals surface area contributed by atoms with E-state index in [1.807, 2.05) is 60.7 Å². The van der Waals surface area contributed by atoms with Gasteiger partial charge in [0.05, 0.1) is 11.0 Å². The number of nitrogens with zero attached hydrogens (tertiary/aromatic N) is 1. The SMILES string of the molecule is O=C(Cc1ccc2nc(-c3ccc(C(=O)Nc4ccccc4)cc3)[nH]c2c1)c1cccc(Cl)c1. The highest BCUT2D eigenvalue weighted by molar-refractivity contribution is 6.31. The van der Waals surface area contributed by atoms with Crippen LogP contribution in [0.15, 0.2) is 97.1 Å². The van der Waals surface area contributed by atoms with Crippen LogP contribution >= 0.6 is 11.6 Å². The molecular weight excluding hydrogens is 446 g/mol. The molecule has 5 aromatic rings. The molecule has 0 aliphatic heterocycles. The first kappa shape index (κ1) is 21.6. The van der Waals surface area contributed by atoms with Gasteiger partial charge >= 0.3 is 0 Å². The molecule has 0 aliphatic rings. The number of H-pyrrole nitrogens is 1. The summed E-state index contributed by atoms with van der Waals surface area (Å²) < 4.78 is 0. The lowest BCUT2D eigenvalue weighted by Gasteiger charge is -2.05. The molecule has 0 unspecified atom stereocenters. The molecule has 5 rings (SSSR count). The van der Waals surface area contributed by atoms with E-state index >= 15 is 0 Å². The van der Waals surface area contributed by atoms with Crippen molar-refractivity contribution >= 4 is 40.0 Å². The number of nitrogens with one attached hydrogen (secondary N) is 2. The summed E-state index contributed by atoms with van der Waals surface area (Å²) in [4.78, 5) is 33.1. The third-order valence-corrected chi connectivity index (χ3v) is 5.74. The Morgan fingerprint density at radius 3 is 2.38 bits per heavy atom. The molecule has 0 radical (unpaired) electrons. The first-order valence-electron chi connectivity index (χ1n) is 10.8. The number of aromatic amines is 1. The molecule has 5 nitrogen and oxygen atoms in total. The number of carbonyl (C=O) groups excluding carboxylic acids is 2. The lowest BCUT2D eigenvalue weighted by Crippen LogP contribution is -2.11. The van der Waals surface area contributed by atoms with Gasteiger partial charge in [-0.2, -0.15) is 0 Å². The molecule has 1 heterocycles. The maximum absolute atomic E-state index is 12.6. The highest BCUT2D eigenvalue weighted by Gasteiger charge is 2.12. The topological polar surface area (TPSA) is 74.8 Å². The molecule has 0 fully saturated rings. The summed E-state index contributed by atoms with van der Waals surface area (Å²) in [7, 11) is 0. The molecule has 34 heavy (non-hydrogen) atoms. The molecular formula is C28H20ClN3O2. The third kappa shape index (κ3) is 4.75. The number of carbonyl (C=O) groups is 2. The maximum Gasteiger partial charge on any atom is 0.255 e. The molecule has 0 bridgehead atoms. The molecule has 0 saturated carbocycles. The standard InChI is InChI=1S/C28H20ClN3O2/c29-22-6-4-5-21(17-22)26(33)16-18-9-14-24-25(15-18)32-27(31-24)19-10-12-20(13-11-19)28(34)30-23-7-2-1-3-8-23/h1-15,17H,16H2,(H,30,34)(H,31,32). The predicted molar refractivity (Wildman–Crippen MR) is 135 cm³/mol. The zero-order valence-corrected chi connectivity index (χ0v) is 18.8. The third-order valence-electron chi connectivity index (χ3n) is 5.51. The van der Waals surface area contributed by atoms with Gasteiger partial charge in [0, 0.05) is 33.8 Å². The van der Waals surface area contributed by atoms with Crippen LogP contribution in [0.2, 0.25) is 5.02 Å². The Morgan fingerprint density at radius 1 is 0.824 bits per heavy atom. The van der Waals surface area contributed by atoms with Crippen molar-refractivity contribution < 1.29 is 9.59 Å². The summed E-state index contributed by atoms with van der Waals surface area (Å²) in [6.45, 7) is 0. The van der Waals surface area contributed by atoms with Crippen LogP contribution in [-0.2, 0) is 6.42 Å². The van der Waals surface area contributed by atoms with Crippen molar-refractivity contribution in [2.45, 2.75) is 6.42 Å². The van der Waals surface area contributed by atoms with Crippen LogP contribution in [0.5, 0.6) is 0 Å². The van der Waals surface area contributed by atoms with Gasteiger partial charge in [0.15, 0.2) is 5.78 Å². The van der Waals surface area contributed by atoms with Gasteiger partial charge in [-0.15, -0.1) is 0 Å². The van der Waals surface area contributed by atoms with Crippen molar-refractivity contribution in [3.8, 4) is 11.4 Å². The number of hydrogen-bond acceptors (Lipinski definition) is 3. The van der Waals surface area contributed by atoms with Crippen molar-refractivity contribution in [3.63, 3.8) is 0 Å². The lowest BCUT2D eigenvalue weighted by molar-refractivity contribution is 0.0991. The monoisotopic (exact) mass is 465 g/mol. The minimum atomic E-state index is -0.170. The largest absolute Gasteiger partial charge is 0.338 e. The summed E-state index contributed by atoms with van der Waals surface area (Å²) >= 11 is 6.01. The number of fused-ring (bicyclic) bond motifs is 1. The predicted octanol–water partition coefficient (Wildman–Crippen LogP) is 6.56. The van der Waals surface area contributed by atoms with E-state index in [0.717, 1.165) is 27.8 Å². The van der Waals surface area contributed by atoms with E-state index in [4.69, 9.17) is 11.6 Å². The summed E-state index contributed by atoms with van der Waals surface area (Å²) in [5.74, 6) is 0.533. The van der Waals surface area contributed by atoms with Crippen LogP contribution in [0.25, 0.3) is 22.4 Å². The normalized spacial score (nSPS) is 10.9. The average Bonchev–Trinajstić information content (AvgIpc) is 3.28. The maximum atomic E-state index is 12.6. The molecule has 4 aromatic carbocycles. The van der Waals surface area contributed by atoms with Crippen LogP contribution in [0.4, 0.5) is 5.69 Å². The first-order chi connectivity index (χ1) is 16.5. The lowest BCUT2D eigenvalue weighted by atomic mass is 10.0. The molecule has 0 atom stereocenters. The molecule has 1 amide bonds. The number of halogens is 1. The second kappa shape index (κ2) is 9.33.